The SMILES string of the molecule is O=C1CN(c2ccc(NC(=O)c3ccc(N4CCCC4)nc3)cn2)CCN1. The summed E-state index contributed by atoms with van der Waals surface area (Å²) in [6.45, 7) is 3.68. The average molecular weight is 366 g/mol. The minimum atomic E-state index is -0.220. The first-order chi connectivity index (χ1) is 13.2. The van der Waals surface area contributed by atoms with E-state index < -0.39 is 0 Å². The van der Waals surface area contributed by atoms with E-state index >= 15 is 0 Å². The zero-order valence-electron chi connectivity index (χ0n) is 15.0. The summed E-state index contributed by atoms with van der Waals surface area (Å²) >= 11 is 0. The number of hydrogen-bond donors (Lipinski definition) is 2. The van der Waals surface area contributed by atoms with Crippen molar-refractivity contribution >= 4 is 29.1 Å². The Morgan fingerprint density at radius 1 is 0.963 bits per heavy atom. The van der Waals surface area contributed by atoms with Crippen LogP contribution in [-0.2, 0) is 4.79 Å². The highest BCUT2D eigenvalue weighted by Crippen LogP contribution is 2.19. The zero-order valence-corrected chi connectivity index (χ0v) is 15.0. The first kappa shape index (κ1) is 17.3. The van der Waals surface area contributed by atoms with Crippen molar-refractivity contribution in [3.63, 3.8) is 0 Å². The van der Waals surface area contributed by atoms with Crippen LogP contribution in [0.4, 0.5) is 17.3 Å². The van der Waals surface area contributed by atoms with Gasteiger partial charge in [-0.3, -0.25) is 9.59 Å². The van der Waals surface area contributed by atoms with E-state index in [1.807, 2.05) is 17.0 Å². The molecule has 2 aromatic rings. The molecule has 0 spiro atoms. The fraction of sp³-hybridized carbons (Fsp3) is 0.368. The van der Waals surface area contributed by atoms with Crippen molar-refractivity contribution in [3.05, 3.63) is 42.2 Å². The number of carbonyl (C=O) groups excluding carboxylic acids is 2. The molecule has 2 aliphatic rings. The maximum Gasteiger partial charge on any atom is 0.257 e. The number of rotatable bonds is 4. The average Bonchev–Trinajstić information content (AvgIpc) is 3.23. The molecule has 2 aromatic heterocycles. The van der Waals surface area contributed by atoms with Crippen LogP contribution in [0.25, 0.3) is 0 Å². The third kappa shape index (κ3) is 3.99. The molecule has 4 heterocycles. The van der Waals surface area contributed by atoms with Crippen molar-refractivity contribution in [2.75, 3.05) is 47.8 Å². The fourth-order valence-electron chi connectivity index (χ4n) is 3.34. The molecule has 8 heteroatoms. The molecule has 0 atom stereocenters. The van der Waals surface area contributed by atoms with Gasteiger partial charge < -0.3 is 20.4 Å². The second-order valence-electron chi connectivity index (χ2n) is 6.73. The Labute approximate surface area is 157 Å². The van der Waals surface area contributed by atoms with Gasteiger partial charge in [-0.1, -0.05) is 0 Å². The highest BCUT2D eigenvalue weighted by atomic mass is 16.2. The van der Waals surface area contributed by atoms with Gasteiger partial charge in [-0.15, -0.1) is 0 Å². The lowest BCUT2D eigenvalue weighted by molar-refractivity contribution is -0.120. The molecule has 2 N–H and O–H groups in total. The van der Waals surface area contributed by atoms with Crippen molar-refractivity contribution < 1.29 is 9.59 Å². The minimum Gasteiger partial charge on any atom is -0.357 e. The van der Waals surface area contributed by atoms with E-state index in [1.165, 1.54) is 12.8 Å². The summed E-state index contributed by atoms with van der Waals surface area (Å²) in [5.74, 6) is 1.41. The van der Waals surface area contributed by atoms with E-state index in [0.717, 1.165) is 31.3 Å². The molecule has 2 saturated heterocycles. The van der Waals surface area contributed by atoms with Crippen LogP contribution in [-0.4, -0.2) is 54.5 Å². The summed E-state index contributed by atoms with van der Waals surface area (Å²) in [4.78, 5) is 36.8. The van der Waals surface area contributed by atoms with Gasteiger partial charge in [-0.2, -0.15) is 0 Å². The number of amides is 2. The Morgan fingerprint density at radius 3 is 2.37 bits per heavy atom. The fourth-order valence-corrected chi connectivity index (χ4v) is 3.34. The second-order valence-corrected chi connectivity index (χ2v) is 6.73. The smallest absolute Gasteiger partial charge is 0.257 e. The zero-order chi connectivity index (χ0) is 18.6. The van der Waals surface area contributed by atoms with E-state index in [1.54, 1.807) is 24.5 Å². The molecule has 2 aliphatic heterocycles. The van der Waals surface area contributed by atoms with Crippen LogP contribution < -0.4 is 20.4 Å². The number of pyridine rings is 2. The largest absolute Gasteiger partial charge is 0.357 e. The van der Waals surface area contributed by atoms with Crippen LogP contribution in [0.3, 0.4) is 0 Å². The molecule has 0 saturated carbocycles. The lowest BCUT2D eigenvalue weighted by Gasteiger charge is -2.27. The summed E-state index contributed by atoms with van der Waals surface area (Å²) in [5.41, 5.74) is 1.11. The van der Waals surface area contributed by atoms with Gasteiger partial charge in [0.25, 0.3) is 5.91 Å². The van der Waals surface area contributed by atoms with Crippen LogP contribution in [0.2, 0.25) is 0 Å². The molecule has 0 aromatic carbocycles. The normalized spacial score (nSPS) is 17.0. The molecule has 140 valence electrons. The van der Waals surface area contributed by atoms with Gasteiger partial charge in [0.05, 0.1) is 24.0 Å². The number of aromatic nitrogens is 2. The highest BCUT2D eigenvalue weighted by molar-refractivity contribution is 6.04. The molecular weight excluding hydrogens is 344 g/mol. The number of hydrogen-bond acceptors (Lipinski definition) is 6. The molecule has 2 fully saturated rings. The Kier molecular flexibility index (Phi) is 4.86. The van der Waals surface area contributed by atoms with Gasteiger partial charge in [-0.05, 0) is 37.1 Å². The molecule has 0 bridgehead atoms. The van der Waals surface area contributed by atoms with Crippen LogP contribution >= 0.6 is 0 Å². The predicted molar refractivity (Wildman–Crippen MR) is 103 cm³/mol. The quantitative estimate of drug-likeness (QED) is 0.847. The Bertz CT molecular complexity index is 815. The molecule has 8 nitrogen and oxygen atoms in total. The summed E-state index contributed by atoms with van der Waals surface area (Å²) in [6, 6.07) is 7.29. The van der Waals surface area contributed by atoms with E-state index in [4.69, 9.17) is 0 Å². The second kappa shape index (κ2) is 7.61. The van der Waals surface area contributed by atoms with Gasteiger partial charge in [0.1, 0.15) is 11.6 Å². The first-order valence-corrected chi connectivity index (χ1v) is 9.19. The number of nitrogens with one attached hydrogen (secondary N) is 2. The van der Waals surface area contributed by atoms with E-state index in [9.17, 15) is 9.59 Å². The van der Waals surface area contributed by atoms with E-state index in [-0.39, 0.29) is 11.8 Å². The molecule has 27 heavy (non-hydrogen) atoms. The lowest BCUT2D eigenvalue weighted by atomic mass is 10.2. The monoisotopic (exact) mass is 366 g/mol. The number of piperazine rings is 1. The van der Waals surface area contributed by atoms with Crippen LogP contribution in [0, 0.1) is 0 Å². The van der Waals surface area contributed by atoms with E-state index in [0.29, 0.717) is 24.3 Å². The highest BCUT2D eigenvalue weighted by Gasteiger charge is 2.18. The summed E-state index contributed by atoms with van der Waals surface area (Å²) in [7, 11) is 0. The Morgan fingerprint density at radius 2 is 1.70 bits per heavy atom. The van der Waals surface area contributed by atoms with Crippen LogP contribution in [0.1, 0.15) is 23.2 Å². The van der Waals surface area contributed by atoms with Crippen molar-refractivity contribution in [2.24, 2.45) is 0 Å². The molecule has 0 aliphatic carbocycles. The number of anilines is 3. The predicted octanol–water partition coefficient (Wildman–Crippen LogP) is 1.27. The third-order valence-corrected chi connectivity index (χ3v) is 4.81. The lowest BCUT2D eigenvalue weighted by Crippen LogP contribution is -2.48. The molecule has 0 radical (unpaired) electrons. The van der Waals surface area contributed by atoms with Crippen molar-refractivity contribution in [3.8, 4) is 0 Å². The summed E-state index contributed by atoms with van der Waals surface area (Å²) in [6.07, 6.45) is 5.59. The van der Waals surface area contributed by atoms with Crippen molar-refractivity contribution in [1.29, 1.82) is 0 Å². The molecule has 2 amide bonds. The van der Waals surface area contributed by atoms with Gasteiger partial charge in [-0.25, -0.2) is 9.97 Å². The van der Waals surface area contributed by atoms with Gasteiger partial charge in [0.2, 0.25) is 5.91 Å². The van der Waals surface area contributed by atoms with Crippen molar-refractivity contribution in [2.45, 2.75) is 12.8 Å². The summed E-state index contributed by atoms with van der Waals surface area (Å²) in [5, 5.41) is 5.62. The van der Waals surface area contributed by atoms with Gasteiger partial charge in [0, 0.05) is 32.4 Å². The van der Waals surface area contributed by atoms with Crippen LogP contribution in [0.5, 0.6) is 0 Å². The topological polar surface area (TPSA) is 90.5 Å². The number of carbonyl (C=O) groups is 2. The van der Waals surface area contributed by atoms with E-state index in [2.05, 4.69) is 25.5 Å². The van der Waals surface area contributed by atoms with Crippen LogP contribution in [0.15, 0.2) is 36.7 Å². The van der Waals surface area contributed by atoms with Crippen molar-refractivity contribution in [1.82, 2.24) is 15.3 Å². The van der Waals surface area contributed by atoms with Gasteiger partial charge in [0.15, 0.2) is 0 Å². The summed E-state index contributed by atoms with van der Waals surface area (Å²) < 4.78 is 0. The molecular formula is C19H22N6O2. The van der Waals surface area contributed by atoms with Gasteiger partial charge >= 0.3 is 0 Å². The Balaban J connectivity index is 1.38. The third-order valence-electron chi connectivity index (χ3n) is 4.81. The Hall–Kier alpha value is -3.16. The molecule has 4 rings (SSSR count). The maximum absolute atomic E-state index is 12.4. The maximum atomic E-state index is 12.4. The molecule has 0 unspecified atom stereocenters. The minimum absolute atomic E-state index is 0.00898. The first-order valence-electron chi connectivity index (χ1n) is 9.19. The number of nitrogens with zero attached hydrogens (tertiary/aromatic N) is 4. The standard InChI is InChI=1S/C19H22N6O2/c26-18-13-25(10-7-20-18)17-6-4-15(12-22-17)23-19(27)14-3-5-16(21-11-14)24-8-1-2-9-24/h3-6,11-12H,1-2,7-10,13H2,(H,20,26)(H,23,27).